The van der Waals surface area contributed by atoms with Gasteiger partial charge in [-0.05, 0) is 19.9 Å². The van der Waals surface area contributed by atoms with Crippen LogP contribution in [0.25, 0.3) is 0 Å². The number of rotatable bonds is 5. The van der Waals surface area contributed by atoms with Crippen LogP contribution in [0.2, 0.25) is 0 Å². The van der Waals surface area contributed by atoms with Crippen LogP contribution in [-0.2, 0) is 11.3 Å². The summed E-state index contributed by atoms with van der Waals surface area (Å²) in [6.45, 7) is 0.311. The fraction of sp³-hybridized carbons (Fsp3) is 0.667. The highest BCUT2D eigenvalue weighted by Gasteiger charge is 2.27. The predicted molar refractivity (Wildman–Crippen MR) is 52.5 cm³/mol. The van der Waals surface area contributed by atoms with Gasteiger partial charge in [-0.2, -0.15) is 5.10 Å². The van der Waals surface area contributed by atoms with Crippen LogP contribution in [0.5, 0.6) is 0 Å². The molecule has 1 fully saturated rings. The molecule has 1 aromatic rings. The number of carboxylic acids is 1. The molecule has 82 valence electrons. The van der Waals surface area contributed by atoms with E-state index in [1.165, 1.54) is 0 Å². The molecule has 0 spiro atoms. The fourth-order valence-corrected chi connectivity index (χ4v) is 1.41. The van der Waals surface area contributed by atoms with Crippen molar-refractivity contribution in [2.45, 2.75) is 31.3 Å². The largest absolute Gasteiger partial charge is 0.480 e. The van der Waals surface area contributed by atoms with E-state index in [9.17, 15) is 4.79 Å². The molecule has 0 aromatic carbocycles. The Bertz CT molecular complexity index is 359. The van der Waals surface area contributed by atoms with Crippen molar-refractivity contribution in [2.24, 2.45) is 0 Å². The van der Waals surface area contributed by atoms with Crippen molar-refractivity contribution in [1.82, 2.24) is 20.1 Å². The van der Waals surface area contributed by atoms with E-state index in [2.05, 4.69) is 15.4 Å². The van der Waals surface area contributed by atoms with Gasteiger partial charge in [-0.25, -0.2) is 4.98 Å². The average molecular weight is 210 g/mol. The highest BCUT2D eigenvalue weighted by atomic mass is 16.4. The van der Waals surface area contributed by atoms with Gasteiger partial charge in [0.05, 0.1) is 6.54 Å². The zero-order valence-corrected chi connectivity index (χ0v) is 8.55. The van der Waals surface area contributed by atoms with Crippen molar-refractivity contribution in [2.75, 3.05) is 7.05 Å². The highest BCUT2D eigenvalue weighted by molar-refractivity contribution is 5.73. The first-order valence-electron chi connectivity index (χ1n) is 5.00. The molecule has 1 saturated carbocycles. The summed E-state index contributed by atoms with van der Waals surface area (Å²) in [6, 6.07) is -0.612. The van der Waals surface area contributed by atoms with Gasteiger partial charge in [-0.1, -0.05) is 0 Å². The van der Waals surface area contributed by atoms with Gasteiger partial charge in [0.15, 0.2) is 5.82 Å². The highest BCUT2D eigenvalue weighted by Crippen LogP contribution is 2.37. The molecule has 1 unspecified atom stereocenters. The first kappa shape index (κ1) is 10.1. The van der Waals surface area contributed by atoms with Crippen molar-refractivity contribution in [1.29, 1.82) is 0 Å². The Morgan fingerprint density at radius 2 is 2.53 bits per heavy atom. The third-order valence-electron chi connectivity index (χ3n) is 2.51. The van der Waals surface area contributed by atoms with Gasteiger partial charge >= 0.3 is 5.97 Å². The summed E-state index contributed by atoms with van der Waals surface area (Å²) in [5.74, 6) is 0.473. The molecule has 0 bridgehead atoms. The Labute approximate surface area is 87.3 Å². The van der Waals surface area contributed by atoms with Crippen LogP contribution in [0.1, 0.15) is 24.6 Å². The second-order valence-corrected chi connectivity index (χ2v) is 3.78. The van der Waals surface area contributed by atoms with Gasteiger partial charge in [0.1, 0.15) is 12.4 Å². The number of aromatic nitrogens is 3. The Morgan fingerprint density at radius 1 is 1.80 bits per heavy atom. The summed E-state index contributed by atoms with van der Waals surface area (Å²) < 4.78 is 1.59. The Morgan fingerprint density at radius 3 is 3.07 bits per heavy atom. The second-order valence-electron chi connectivity index (χ2n) is 3.78. The third-order valence-corrected chi connectivity index (χ3v) is 2.51. The second kappa shape index (κ2) is 3.98. The lowest BCUT2D eigenvalue weighted by atomic mass is 10.3. The first-order valence-corrected chi connectivity index (χ1v) is 5.00. The molecule has 0 saturated heterocycles. The smallest absolute Gasteiger partial charge is 0.322 e. The number of nitrogens with one attached hydrogen (secondary N) is 1. The van der Waals surface area contributed by atoms with E-state index in [0.29, 0.717) is 12.5 Å². The van der Waals surface area contributed by atoms with Crippen molar-refractivity contribution >= 4 is 5.97 Å². The summed E-state index contributed by atoms with van der Waals surface area (Å²) in [6.07, 6.45) is 3.90. The van der Waals surface area contributed by atoms with E-state index >= 15 is 0 Å². The molecule has 1 heterocycles. The van der Waals surface area contributed by atoms with Crippen molar-refractivity contribution in [3.05, 3.63) is 12.2 Å². The monoisotopic (exact) mass is 210 g/mol. The molecule has 2 N–H and O–H groups in total. The predicted octanol–water partition coefficient (Wildman–Crippen LogP) is -0.172. The summed E-state index contributed by atoms with van der Waals surface area (Å²) in [5, 5.41) is 15.8. The standard InChI is InChI=1S/C9H14N4O2/c1-10-7(9(14)15)4-13-5-11-8(12-13)6-2-3-6/h5-7,10H,2-4H2,1H3,(H,14,15). The van der Waals surface area contributed by atoms with Gasteiger partial charge in [-0.3, -0.25) is 9.48 Å². The van der Waals surface area contributed by atoms with E-state index in [0.717, 1.165) is 18.7 Å². The molecule has 2 rings (SSSR count). The molecule has 1 atom stereocenters. The number of aliphatic carboxylic acids is 1. The van der Waals surface area contributed by atoms with Crippen molar-refractivity contribution in [3.8, 4) is 0 Å². The lowest BCUT2D eigenvalue weighted by Crippen LogP contribution is -2.37. The van der Waals surface area contributed by atoms with Crippen LogP contribution in [0, 0.1) is 0 Å². The molecule has 0 amide bonds. The quantitative estimate of drug-likeness (QED) is 0.705. The van der Waals surface area contributed by atoms with E-state index in [1.54, 1.807) is 18.1 Å². The fourth-order valence-electron chi connectivity index (χ4n) is 1.41. The Hall–Kier alpha value is -1.43. The number of carboxylic acid groups (broad SMARTS) is 1. The summed E-state index contributed by atoms with van der Waals surface area (Å²) in [4.78, 5) is 14.9. The van der Waals surface area contributed by atoms with E-state index in [-0.39, 0.29) is 0 Å². The molecule has 15 heavy (non-hydrogen) atoms. The van der Waals surface area contributed by atoms with Gasteiger partial charge in [0.2, 0.25) is 0 Å². The van der Waals surface area contributed by atoms with Gasteiger partial charge in [-0.15, -0.1) is 0 Å². The summed E-state index contributed by atoms with van der Waals surface area (Å²) >= 11 is 0. The number of hydrogen-bond acceptors (Lipinski definition) is 4. The van der Waals surface area contributed by atoms with Gasteiger partial charge in [0.25, 0.3) is 0 Å². The zero-order chi connectivity index (χ0) is 10.8. The van der Waals surface area contributed by atoms with E-state index in [4.69, 9.17) is 5.11 Å². The van der Waals surface area contributed by atoms with Crippen molar-refractivity contribution in [3.63, 3.8) is 0 Å². The van der Waals surface area contributed by atoms with Crippen LogP contribution in [0.4, 0.5) is 0 Å². The zero-order valence-electron chi connectivity index (χ0n) is 8.55. The molecule has 1 aliphatic carbocycles. The first-order chi connectivity index (χ1) is 7.20. The Balaban J connectivity index is 1.99. The van der Waals surface area contributed by atoms with Crippen LogP contribution < -0.4 is 5.32 Å². The summed E-state index contributed by atoms with van der Waals surface area (Å²) in [7, 11) is 1.62. The molecule has 1 aromatic heterocycles. The maximum Gasteiger partial charge on any atom is 0.322 e. The SMILES string of the molecule is CNC(Cn1cnc(C2CC2)n1)C(=O)O. The summed E-state index contributed by atoms with van der Waals surface area (Å²) in [5.41, 5.74) is 0. The van der Waals surface area contributed by atoms with Crippen LogP contribution in [0.3, 0.4) is 0 Å². The molecular formula is C9H14N4O2. The lowest BCUT2D eigenvalue weighted by Gasteiger charge is -2.09. The molecule has 1 aliphatic rings. The van der Waals surface area contributed by atoms with Crippen LogP contribution in [-0.4, -0.2) is 38.9 Å². The van der Waals surface area contributed by atoms with Gasteiger partial charge < -0.3 is 10.4 Å². The maximum atomic E-state index is 10.8. The minimum atomic E-state index is -0.874. The maximum absolute atomic E-state index is 10.8. The normalized spacial score (nSPS) is 17.7. The van der Waals surface area contributed by atoms with E-state index in [1.807, 2.05) is 0 Å². The van der Waals surface area contributed by atoms with Gasteiger partial charge in [0, 0.05) is 5.92 Å². The van der Waals surface area contributed by atoms with E-state index < -0.39 is 12.0 Å². The minimum absolute atomic E-state index is 0.311. The molecular weight excluding hydrogens is 196 g/mol. The Kier molecular flexibility index (Phi) is 2.68. The minimum Gasteiger partial charge on any atom is -0.480 e. The molecule has 0 radical (unpaired) electrons. The van der Waals surface area contributed by atoms with Crippen molar-refractivity contribution < 1.29 is 9.90 Å². The third kappa shape index (κ3) is 2.33. The number of likely N-dealkylation sites (N-methyl/N-ethyl adjacent to an activating group) is 1. The molecule has 6 nitrogen and oxygen atoms in total. The number of hydrogen-bond donors (Lipinski definition) is 2. The molecule has 6 heteroatoms. The van der Waals surface area contributed by atoms with Crippen LogP contribution >= 0.6 is 0 Å². The number of carbonyl (C=O) groups is 1. The molecule has 0 aliphatic heterocycles. The van der Waals surface area contributed by atoms with Crippen LogP contribution in [0.15, 0.2) is 6.33 Å². The topological polar surface area (TPSA) is 80.0 Å². The average Bonchev–Trinajstić information content (AvgIpc) is 2.95. The lowest BCUT2D eigenvalue weighted by molar-refractivity contribution is -0.139. The number of nitrogens with zero attached hydrogens (tertiary/aromatic N) is 3.